The number of hydrogen-bond donors (Lipinski definition) is 2. The summed E-state index contributed by atoms with van der Waals surface area (Å²) in [6.07, 6.45) is 0. The fourth-order valence-corrected chi connectivity index (χ4v) is 2.57. The molecule has 0 spiro atoms. The number of aliphatic hydroxyl groups excluding tert-OH is 1. The molecule has 20 heavy (non-hydrogen) atoms. The van der Waals surface area contributed by atoms with Crippen LogP contribution in [0.5, 0.6) is 0 Å². The van der Waals surface area contributed by atoms with Gasteiger partial charge in [-0.15, -0.1) is 0 Å². The number of likely N-dealkylation sites (N-methyl/N-ethyl adjacent to an activating group) is 1. The zero-order valence-electron chi connectivity index (χ0n) is 13.7. The molecule has 114 valence electrons. The van der Waals surface area contributed by atoms with Crippen LogP contribution >= 0.6 is 0 Å². The zero-order valence-corrected chi connectivity index (χ0v) is 13.7. The average Bonchev–Trinajstić information content (AvgIpc) is 2.42. The molecule has 0 aliphatic carbocycles. The lowest BCUT2D eigenvalue weighted by Gasteiger charge is -2.31. The summed E-state index contributed by atoms with van der Waals surface area (Å²) in [5.41, 5.74) is 3.27. The topological polar surface area (TPSA) is 35.5 Å². The highest BCUT2D eigenvalue weighted by Crippen LogP contribution is 2.22. The molecule has 1 rings (SSSR count). The van der Waals surface area contributed by atoms with Gasteiger partial charge in [0.05, 0.1) is 12.1 Å². The summed E-state index contributed by atoms with van der Waals surface area (Å²) in [4.78, 5) is 2.38. The molecule has 0 radical (unpaired) electrons. The van der Waals surface area contributed by atoms with E-state index in [2.05, 4.69) is 63.0 Å². The lowest BCUT2D eigenvalue weighted by molar-refractivity contribution is 0.168. The van der Waals surface area contributed by atoms with Crippen molar-refractivity contribution in [2.75, 3.05) is 32.8 Å². The Morgan fingerprint density at radius 3 is 2.10 bits per heavy atom. The smallest absolute Gasteiger partial charge is 0.0652 e. The van der Waals surface area contributed by atoms with Crippen LogP contribution in [0, 0.1) is 13.8 Å². The van der Waals surface area contributed by atoms with Crippen molar-refractivity contribution in [1.29, 1.82) is 0 Å². The summed E-state index contributed by atoms with van der Waals surface area (Å²) in [6, 6.07) is 6.48. The van der Waals surface area contributed by atoms with Crippen molar-refractivity contribution in [3.05, 3.63) is 34.9 Å². The van der Waals surface area contributed by atoms with Crippen molar-refractivity contribution in [2.45, 2.75) is 40.2 Å². The van der Waals surface area contributed by atoms with E-state index >= 15 is 0 Å². The van der Waals surface area contributed by atoms with Crippen LogP contribution in [0.2, 0.25) is 0 Å². The fourth-order valence-electron chi connectivity index (χ4n) is 2.57. The summed E-state index contributed by atoms with van der Waals surface area (Å²) >= 11 is 0. The first-order valence-electron chi connectivity index (χ1n) is 7.62. The maximum atomic E-state index is 9.82. The van der Waals surface area contributed by atoms with Gasteiger partial charge in [0.2, 0.25) is 0 Å². The Balaban J connectivity index is 2.75. The summed E-state index contributed by atoms with van der Waals surface area (Å²) in [7, 11) is 0. The Labute approximate surface area is 124 Å². The molecule has 0 bridgehead atoms. The van der Waals surface area contributed by atoms with Crippen molar-refractivity contribution in [2.24, 2.45) is 0 Å². The van der Waals surface area contributed by atoms with Gasteiger partial charge < -0.3 is 15.3 Å². The SMILES string of the molecule is CCN(CC)CCNC(C)(CO)c1cc(C)cc(C)c1. The van der Waals surface area contributed by atoms with Crippen molar-refractivity contribution >= 4 is 0 Å². The summed E-state index contributed by atoms with van der Waals surface area (Å²) in [5.74, 6) is 0. The Kier molecular flexibility index (Phi) is 6.66. The highest BCUT2D eigenvalue weighted by molar-refractivity contribution is 5.33. The molecule has 0 saturated carbocycles. The first kappa shape index (κ1) is 17.2. The number of aryl methyl sites for hydroxylation is 2. The molecule has 3 nitrogen and oxygen atoms in total. The van der Waals surface area contributed by atoms with Crippen LogP contribution in [0.25, 0.3) is 0 Å². The largest absolute Gasteiger partial charge is 0.394 e. The highest BCUT2D eigenvalue weighted by atomic mass is 16.3. The van der Waals surface area contributed by atoms with Crippen LogP contribution in [0.3, 0.4) is 0 Å². The molecular weight excluding hydrogens is 248 g/mol. The van der Waals surface area contributed by atoms with Gasteiger partial charge in [-0.1, -0.05) is 43.2 Å². The molecule has 1 atom stereocenters. The van der Waals surface area contributed by atoms with Crippen molar-refractivity contribution < 1.29 is 5.11 Å². The molecule has 0 fully saturated rings. The van der Waals surface area contributed by atoms with E-state index in [0.29, 0.717) is 0 Å². The Hall–Kier alpha value is -0.900. The first-order chi connectivity index (χ1) is 9.45. The van der Waals surface area contributed by atoms with Gasteiger partial charge in [0.15, 0.2) is 0 Å². The van der Waals surface area contributed by atoms with E-state index in [0.717, 1.165) is 31.7 Å². The van der Waals surface area contributed by atoms with E-state index in [4.69, 9.17) is 0 Å². The van der Waals surface area contributed by atoms with Gasteiger partial charge in [-0.25, -0.2) is 0 Å². The van der Waals surface area contributed by atoms with Crippen molar-refractivity contribution in [3.8, 4) is 0 Å². The van der Waals surface area contributed by atoms with E-state index in [1.165, 1.54) is 11.1 Å². The molecule has 0 aliphatic heterocycles. The van der Waals surface area contributed by atoms with Gasteiger partial charge >= 0.3 is 0 Å². The minimum atomic E-state index is -0.371. The minimum Gasteiger partial charge on any atom is -0.394 e. The van der Waals surface area contributed by atoms with Gasteiger partial charge in [-0.05, 0) is 39.4 Å². The standard InChI is InChI=1S/C17H30N2O/c1-6-19(7-2)9-8-18-17(5,13-20)16-11-14(3)10-15(4)12-16/h10-12,18,20H,6-9,13H2,1-5H3. The predicted molar refractivity (Wildman–Crippen MR) is 86.1 cm³/mol. The summed E-state index contributed by atoms with van der Waals surface area (Å²) in [5, 5.41) is 13.3. The van der Waals surface area contributed by atoms with Crippen LogP contribution in [0.1, 0.15) is 37.5 Å². The second-order valence-corrected chi connectivity index (χ2v) is 5.82. The number of nitrogens with one attached hydrogen (secondary N) is 1. The third-order valence-electron chi connectivity index (χ3n) is 4.01. The van der Waals surface area contributed by atoms with Gasteiger partial charge in [0.1, 0.15) is 0 Å². The second kappa shape index (κ2) is 7.77. The normalized spacial score (nSPS) is 14.6. The molecule has 0 saturated heterocycles. The van der Waals surface area contributed by atoms with Crippen LogP contribution in [-0.4, -0.2) is 42.8 Å². The molecule has 0 aromatic heterocycles. The molecule has 0 amide bonds. The van der Waals surface area contributed by atoms with Crippen LogP contribution in [0.4, 0.5) is 0 Å². The van der Waals surface area contributed by atoms with Gasteiger partial charge in [-0.3, -0.25) is 0 Å². The lowest BCUT2D eigenvalue weighted by atomic mass is 9.90. The monoisotopic (exact) mass is 278 g/mol. The third-order valence-corrected chi connectivity index (χ3v) is 4.01. The molecule has 1 unspecified atom stereocenters. The molecule has 3 heteroatoms. The lowest BCUT2D eigenvalue weighted by Crippen LogP contribution is -2.46. The summed E-state index contributed by atoms with van der Waals surface area (Å²) < 4.78 is 0. The van der Waals surface area contributed by atoms with Crippen LogP contribution in [0.15, 0.2) is 18.2 Å². The van der Waals surface area contributed by atoms with Crippen molar-refractivity contribution in [1.82, 2.24) is 10.2 Å². The Morgan fingerprint density at radius 2 is 1.65 bits per heavy atom. The van der Waals surface area contributed by atoms with E-state index in [1.807, 2.05) is 0 Å². The number of rotatable bonds is 8. The number of hydrogen-bond acceptors (Lipinski definition) is 3. The predicted octanol–water partition coefficient (Wildman–Crippen LogP) is 2.44. The summed E-state index contributed by atoms with van der Waals surface area (Å²) in [6.45, 7) is 14.8. The third kappa shape index (κ3) is 4.58. The highest BCUT2D eigenvalue weighted by Gasteiger charge is 2.25. The molecule has 2 N–H and O–H groups in total. The maximum absolute atomic E-state index is 9.82. The molecule has 0 heterocycles. The van der Waals surface area contributed by atoms with Crippen LogP contribution < -0.4 is 5.32 Å². The molecule has 1 aromatic rings. The van der Waals surface area contributed by atoms with E-state index in [1.54, 1.807) is 0 Å². The number of nitrogens with zero attached hydrogens (tertiary/aromatic N) is 1. The van der Waals surface area contributed by atoms with E-state index in [-0.39, 0.29) is 12.1 Å². The van der Waals surface area contributed by atoms with Gasteiger partial charge in [-0.2, -0.15) is 0 Å². The first-order valence-corrected chi connectivity index (χ1v) is 7.62. The van der Waals surface area contributed by atoms with Crippen molar-refractivity contribution in [3.63, 3.8) is 0 Å². The van der Waals surface area contributed by atoms with Crippen LogP contribution in [-0.2, 0) is 5.54 Å². The number of benzene rings is 1. The van der Waals surface area contributed by atoms with E-state index in [9.17, 15) is 5.11 Å². The Bertz CT molecular complexity index is 395. The van der Waals surface area contributed by atoms with Gasteiger partial charge in [0.25, 0.3) is 0 Å². The fraction of sp³-hybridized carbons (Fsp3) is 0.647. The molecule has 1 aromatic carbocycles. The minimum absolute atomic E-state index is 0.105. The Morgan fingerprint density at radius 1 is 1.10 bits per heavy atom. The maximum Gasteiger partial charge on any atom is 0.0652 e. The molecule has 0 aliphatic rings. The number of aliphatic hydroxyl groups is 1. The zero-order chi connectivity index (χ0) is 15.2. The molecular formula is C17H30N2O. The average molecular weight is 278 g/mol. The quantitative estimate of drug-likeness (QED) is 0.767. The van der Waals surface area contributed by atoms with Gasteiger partial charge in [0, 0.05) is 13.1 Å². The van der Waals surface area contributed by atoms with E-state index < -0.39 is 0 Å². The second-order valence-electron chi connectivity index (χ2n) is 5.82.